The zero-order chi connectivity index (χ0) is 12.5. The van der Waals surface area contributed by atoms with Crippen LogP contribution in [0.4, 0.5) is 0 Å². The summed E-state index contributed by atoms with van der Waals surface area (Å²) in [4.78, 5) is 14.4. The van der Waals surface area contributed by atoms with Gasteiger partial charge >= 0.3 is 0 Å². The van der Waals surface area contributed by atoms with E-state index in [9.17, 15) is 4.79 Å². The summed E-state index contributed by atoms with van der Waals surface area (Å²) in [5.74, 6) is 2.74. The molecular formula is C14H27NOS. The van der Waals surface area contributed by atoms with Crippen LogP contribution in [0.25, 0.3) is 0 Å². The number of rotatable bonds is 8. The number of Topliss-reactive ketones (excluding diaryl/α,β-unsaturated/α-hetero) is 1. The van der Waals surface area contributed by atoms with Crippen LogP contribution in [0.3, 0.4) is 0 Å². The van der Waals surface area contributed by atoms with E-state index in [1.165, 1.54) is 19.3 Å². The van der Waals surface area contributed by atoms with Crippen LogP contribution in [-0.2, 0) is 4.79 Å². The van der Waals surface area contributed by atoms with Gasteiger partial charge in [-0.2, -0.15) is 11.8 Å². The Morgan fingerprint density at radius 3 is 2.41 bits per heavy atom. The van der Waals surface area contributed by atoms with Gasteiger partial charge in [0, 0.05) is 18.2 Å². The second kappa shape index (κ2) is 8.98. The van der Waals surface area contributed by atoms with E-state index >= 15 is 0 Å². The van der Waals surface area contributed by atoms with Crippen LogP contribution in [0.1, 0.15) is 46.0 Å². The summed E-state index contributed by atoms with van der Waals surface area (Å²) in [6.45, 7) is 7.75. The van der Waals surface area contributed by atoms with E-state index in [1.807, 2.05) is 11.8 Å². The number of carbonyl (C=O) groups excluding carboxylic acids is 1. The third-order valence-corrected chi connectivity index (χ3v) is 4.71. The molecule has 0 aromatic rings. The molecule has 100 valence electrons. The first-order valence-corrected chi connectivity index (χ1v) is 8.26. The maximum atomic E-state index is 11.9. The van der Waals surface area contributed by atoms with Crippen LogP contribution >= 0.6 is 11.8 Å². The Balaban J connectivity index is 2.07. The standard InChI is InChI=1S/C14H27NOS/c1-3-15(4-2)10-11-17-12-14(16)13-8-6-5-7-9-13/h13H,3-12H2,1-2H3. The first-order valence-electron chi connectivity index (χ1n) is 7.10. The Morgan fingerprint density at radius 1 is 1.18 bits per heavy atom. The van der Waals surface area contributed by atoms with Crippen LogP contribution in [-0.4, -0.2) is 41.8 Å². The van der Waals surface area contributed by atoms with E-state index in [4.69, 9.17) is 0 Å². The molecule has 1 aliphatic carbocycles. The second-order valence-electron chi connectivity index (χ2n) is 4.88. The van der Waals surface area contributed by atoms with E-state index in [0.29, 0.717) is 11.7 Å². The van der Waals surface area contributed by atoms with Crippen LogP contribution < -0.4 is 0 Å². The molecule has 2 nitrogen and oxygen atoms in total. The fraction of sp³-hybridized carbons (Fsp3) is 0.929. The van der Waals surface area contributed by atoms with E-state index in [-0.39, 0.29) is 0 Å². The van der Waals surface area contributed by atoms with Gasteiger partial charge in [0.25, 0.3) is 0 Å². The Hall–Kier alpha value is -0.0200. The minimum atomic E-state index is 0.393. The SMILES string of the molecule is CCN(CC)CCSCC(=O)C1CCCCC1. The van der Waals surface area contributed by atoms with Crippen molar-refractivity contribution in [3.8, 4) is 0 Å². The lowest BCUT2D eigenvalue weighted by Crippen LogP contribution is -2.26. The maximum Gasteiger partial charge on any atom is 0.145 e. The van der Waals surface area contributed by atoms with Gasteiger partial charge in [-0.05, 0) is 25.9 Å². The van der Waals surface area contributed by atoms with Crippen LogP contribution in [0.15, 0.2) is 0 Å². The molecule has 1 aliphatic rings. The van der Waals surface area contributed by atoms with Gasteiger partial charge < -0.3 is 4.90 Å². The van der Waals surface area contributed by atoms with Crippen molar-refractivity contribution in [3.05, 3.63) is 0 Å². The first-order chi connectivity index (χ1) is 8.27. The van der Waals surface area contributed by atoms with E-state index in [1.54, 1.807) is 0 Å². The summed E-state index contributed by atoms with van der Waals surface area (Å²) >= 11 is 1.82. The molecule has 0 amide bonds. The number of hydrogen-bond acceptors (Lipinski definition) is 3. The highest BCUT2D eigenvalue weighted by molar-refractivity contribution is 7.99. The lowest BCUT2D eigenvalue weighted by Gasteiger charge is -2.20. The van der Waals surface area contributed by atoms with Crippen molar-refractivity contribution < 1.29 is 4.79 Å². The summed E-state index contributed by atoms with van der Waals surface area (Å²) < 4.78 is 0. The fourth-order valence-electron chi connectivity index (χ4n) is 2.45. The molecule has 3 heteroatoms. The molecule has 0 aromatic heterocycles. The Kier molecular flexibility index (Phi) is 7.95. The summed E-state index contributed by atoms with van der Waals surface area (Å²) in [6.07, 6.45) is 6.16. The summed E-state index contributed by atoms with van der Waals surface area (Å²) in [5.41, 5.74) is 0. The molecule has 0 N–H and O–H groups in total. The molecular weight excluding hydrogens is 230 g/mol. The second-order valence-corrected chi connectivity index (χ2v) is 5.99. The summed E-state index contributed by atoms with van der Waals surface area (Å²) in [7, 11) is 0. The zero-order valence-electron chi connectivity index (χ0n) is 11.4. The molecule has 0 bridgehead atoms. The molecule has 0 saturated heterocycles. The molecule has 0 spiro atoms. The third-order valence-electron chi connectivity index (χ3n) is 3.75. The van der Waals surface area contributed by atoms with Gasteiger partial charge in [-0.3, -0.25) is 4.79 Å². The van der Waals surface area contributed by atoms with Crippen molar-refractivity contribution >= 4 is 17.5 Å². The molecule has 1 rings (SSSR count). The van der Waals surface area contributed by atoms with Crippen molar-refractivity contribution in [2.24, 2.45) is 5.92 Å². The van der Waals surface area contributed by atoms with Crippen LogP contribution in [0.2, 0.25) is 0 Å². The van der Waals surface area contributed by atoms with E-state index < -0.39 is 0 Å². The number of nitrogens with zero attached hydrogens (tertiary/aromatic N) is 1. The van der Waals surface area contributed by atoms with Gasteiger partial charge in [0.2, 0.25) is 0 Å². The topological polar surface area (TPSA) is 20.3 Å². The third kappa shape index (κ3) is 5.91. The highest BCUT2D eigenvalue weighted by atomic mass is 32.2. The van der Waals surface area contributed by atoms with Gasteiger partial charge in [-0.15, -0.1) is 0 Å². The molecule has 0 aliphatic heterocycles. The van der Waals surface area contributed by atoms with Gasteiger partial charge in [-0.1, -0.05) is 33.1 Å². The predicted octanol–water partition coefficient (Wildman–Crippen LogP) is 3.21. The summed E-state index contributed by atoms with van der Waals surface area (Å²) in [6, 6.07) is 0. The molecule has 1 fully saturated rings. The molecule has 0 atom stereocenters. The predicted molar refractivity (Wildman–Crippen MR) is 76.7 cm³/mol. The maximum absolute atomic E-state index is 11.9. The number of hydrogen-bond donors (Lipinski definition) is 0. The molecule has 0 unspecified atom stereocenters. The van der Waals surface area contributed by atoms with E-state index in [0.717, 1.165) is 44.0 Å². The highest BCUT2D eigenvalue weighted by Gasteiger charge is 2.20. The highest BCUT2D eigenvalue weighted by Crippen LogP contribution is 2.25. The van der Waals surface area contributed by atoms with Crippen LogP contribution in [0, 0.1) is 5.92 Å². The molecule has 1 saturated carbocycles. The van der Waals surface area contributed by atoms with Crippen molar-refractivity contribution in [1.29, 1.82) is 0 Å². The smallest absolute Gasteiger partial charge is 0.145 e. The first kappa shape index (κ1) is 15.0. The van der Waals surface area contributed by atoms with Gasteiger partial charge in [-0.25, -0.2) is 0 Å². The average Bonchev–Trinajstić information content (AvgIpc) is 2.40. The van der Waals surface area contributed by atoms with E-state index in [2.05, 4.69) is 18.7 Å². The van der Waals surface area contributed by atoms with Crippen molar-refractivity contribution in [2.45, 2.75) is 46.0 Å². The van der Waals surface area contributed by atoms with Crippen molar-refractivity contribution in [2.75, 3.05) is 31.1 Å². The van der Waals surface area contributed by atoms with Crippen LogP contribution in [0.5, 0.6) is 0 Å². The minimum absolute atomic E-state index is 0.393. The monoisotopic (exact) mass is 257 g/mol. The lowest BCUT2D eigenvalue weighted by molar-refractivity contribution is -0.121. The lowest BCUT2D eigenvalue weighted by atomic mass is 9.87. The normalized spacial score (nSPS) is 17.6. The summed E-state index contributed by atoms with van der Waals surface area (Å²) in [5, 5.41) is 0. The number of carbonyl (C=O) groups is 1. The van der Waals surface area contributed by atoms with Crippen molar-refractivity contribution in [3.63, 3.8) is 0 Å². The quantitative estimate of drug-likeness (QED) is 0.623. The minimum Gasteiger partial charge on any atom is -0.303 e. The molecule has 17 heavy (non-hydrogen) atoms. The molecule has 0 heterocycles. The fourth-order valence-corrected chi connectivity index (χ4v) is 3.42. The Labute approximate surface area is 111 Å². The Morgan fingerprint density at radius 2 is 1.82 bits per heavy atom. The van der Waals surface area contributed by atoms with Gasteiger partial charge in [0.05, 0.1) is 5.75 Å². The number of thioether (sulfide) groups is 1. The number of ketones is 1. The zero-order valence-corrected chi connectivity index (χ0v) is 12.2. The average molecular weight is 257 g/mol. The molecule has 0 aromatic carbocycles. The van der Waals surface area contributed by atoms with Gasteiger partial charge in [0.15, 0.2) is 0 Å². The van der Waals surface area contributed by atoms with Gasteiger partial charge in [0.1, 0.15) is 5.78 Å². The molecule has 0 radical (unpaired) electrons. The largest absolute Gasteiger partial charge is 0.303 e. The Bertz CT molecular complexity index is 210. The van der Waals surface area contributed by atoms with Crippen molar-refractivity contribution in [1.82, 2.24) is 4.90 Å².